The number of rotatable bonds is 6. The predicted octanol–water partition coefficient (Wildman–Crippen LogP) is 3.51. The van der Waals surface area contributed by atoms with E-state index in [1.165, 1.54) is 12.8 Å². The maximum absolute atomic E-state index is 12.5. The van der Waals surface area contributed by atoms with Crippen LogP contribution in [-0.2, 0) is 4.79 Å². The Hall–Kier alpha value is -0.970. The number of nitrogens with one attached hydrogen (secondary N) is 1. The molecule has 1 N–H and O–H groups in total. The van der Waals surface area contributed by atoms with Crippen molar-refractivity contribution in [3.63, 3.8) is 0 Å². The van der Waals surface area contributed by atoms with Crippen LogP contribution >= 0.6 is 0 Å². The van der Waals surface area contributed by atoms with Crippen molar-refractivity contribution >= 4 is 5.91 Å². The lowest BCUT2D eigenvalue weighted by Crippen LogP contribution is -2.44. The minimum Gasteiger partial charge on any atom is -0.342 e. The van der Waals surface area contributed by atoms with Crippen LogP contribution in [0.5, 0.6) is 0 Å². The minimum absolute atomic E-state index is 0.0906. The SMILES string of the molecule is C#CC(CCC)NC(=O)C1(CC(C)C)CCCC1. The van der Waals surface area contributed by atoms with E-state index in [-0.39, 0.29) is 17.4 Å². The summed E-state index contributed by atoms with van der Waals surface area (Å²) in [4.78, 5) is 12.5. The van der Waals surface area contributed by atoms with Gasteiger partial charge in [-0.1, -0.05) is 46.0 Å². The molecule has 1 fully saturated rings. The largest absolute Gasteiger partial charge is 0.342 e. The first-order chi connectivity index (χ1) is 8.54. The summed E-state index contributed by atoms with van der Waals surface area (Å²) in [7, 11) is 0. The highest BCUT2D eigenvalue weighted by atomic mass is 16.2. The average Bonchev–Trinajstić information content (AvgIpc) is 2.77. The molecular weight excluding hydrogens is 222 g/mol. The zero-order valence-electron chi connectivity index (χ0n) is 12.1. The lowest BCUT2D eigenvalue weighted by Gasteiger charge is -2.30. The predicted molar refractivity (Wildman–Crippen MR) is 76.0 cm³/mol. The van der Waals surface area contributed by atoms with Gasteiger partial charge in [0.2, 0.25) is 5.91 Å². The molecule has 1 unspecified atom stereocenters. The Morgan fingerprint density at radius 3 is 2.44 bits per heavy atom. The topological polar surface area (TPSA) is 29.1 Å². The molecule has 0 spiro atoms. The summed E-state index contributed by atoms with van der Waals surface area (Å²) in [5.41, 5.74) is -0.142. The third kappa shape index (κ3) is 3.77. The molecule has 2 nitrogen and oxygen atoms in total. The Kier molecular flexibility index (Phi) is 5.72. The highest BCUT2D eigenvalue weighted by Crippen LogP contribution is 2.43. The molecule has 0 aromatic heterocycles. The standard InChI is InChI=1S/C16H27NO/c1-5-9-14(6-2)17-15(18)16(12-13(3)4)10-7-8-11-16/h2,13-14H,5,7-12H2,1,3-4H3,(H,17,18). The molecule has 0 aliphatic heterocycles. The third-order valence-corrected chi connectivity index (χ3v) is 3.93. The highest BCUT2D eigenvalue weighted by molar-refractivity contribution is 5.83. The van der Waals surface area contributed by atoms with Gasteiger partial charge in [-0.25, -0.2) is 0 Å². The smallest absolute Gasteiger partial charge is 0.227 e. The van der Waals surface area contributed by atoms with Crippen molar-refractivity contribution in [1.29, 1.82) is 0 Å². The Bertz CT molecular complexity index is 308. The summed E-state index contributed by atoms with van der Waals surface area (Å²) in [6.45, 7) is 6.48. The molecule has 2 heteroatoms. The molecule has 0 bridgehead atoms. The van der Waals surface area contributed by atoms with Crippen molar-refractivity contribution in [3.8, 4) is 12.3 Å². The minimum atomic E-state index is -0.142. The van der Waals surface area contributed by atoms with Gasteiger partial charge in [0, 0.05) is 5.41 Å². The van der Waals surface area contributed by atoms with Gasteiger partial charge in [-0.15, -0.1) is 6.42 Å². The lowest BCUT2D eigenvalue weighted by atomic mass is 9.77. The Morgan fingerprint density at radius 1 is 1.39 bits per heavy atom. The Balaban J connectivity index is 2.68. The summed E-state index contributed by atoms with van der Waals surface area (Å²) >= 11 is 0. The summed E-state index contributed by atoms with van der Waals surface area (Å²) in [6, 6.07) is -0.0906. The maximum Gasteiger partial charge on any atom is 0.227 e. The van der Waals surface area contributed by atoms with Gasteiger partial charge in [-0.2, -0.15) is 0 Å². The van der Waals surface area contributed by atoms with Crippen LogP contribution in [0.25, 0.3) is 0 Å². The van der Waals surface area contributed by atoms with Crippen LogP contribution in [0.15, 0.2) is 0 Å². The summed E-state index contributed by atoms with van der Waals surface area (Å²) in [5, 5.41) is 3.08. The van der Waals surface area contributed by atoms with Crippen LogP contribution in [0.1, 0.15) is 65.7 Å². The molecule has 1 aliphatic rings. The fraction of sp³-hybridized carbons (Fsp3) is 0.812. The van der Waals surface area contributed by atoms with Crippen LogP contribution in [0.3, 0.4) is 0 Å². The first-order valence-electron chi connectivity index (χ1n) is 7.31. The Morgan fingerprint density at radius 2 is 2.00 bits per heavy atom. The van der Waals surface area contributed by atoms with Crippen molar-refractivity contribution in [2.24, 2.45) is 11.3 Å². The van der Waals surface area contributed by atoms with E-state index in [9.17, 15) is 4.79 Å². The lowest BCUT2D eigenvalue weighted by molar-refractivity contribution is -0.132. The molecule has 18 heavy (non-hydrogen) atoms. The van der Waals surface area contributed by atoms with E-state index in [4.69, 9.17) is 6.42 Å². The quantitative estimate of drug-likeness (QED) is 0.717. The maximum atomic E-state index is 12.5. The first kappa shape index (κ1) is 15.1. The van der Waals surface area contributed by atoms with Crippen molar-refractivity contribution in [2.75, 3.05) is 0 Å². The van der Waals surface area contributed by atoms with E-state index < -0.39 is 0 Å². The van der Waals surface area contributed by atoms with Gasteiger partial charge in [-0.3, -0.25) is 4.79 Å². The fourth-order valence-electron chi connectivity index (χ4n) is 3.15. The van der Waals surface area contributed by atoms with Crippen LogP contribution in [-0.4, -0.2) is 11.9 Å². The second-order valence-electron chi connectivity index (χ2n) is 6.07. The number of carbonyl (C=O) groups excluding carboxylic acids is 1. The van der Waals surface area contributed by atoms with Crippen molar-refractivity contribution in [2.45, 2.75) is 71.8 Å². The number of carbonyl (C=O) groups is 1. The molecule has 1 aliphatic carbocycles. The average molecular weight is 249 g/mol. The normalized spacial score (nSPS) is 19.5. The van der Waals surface area contributed by atoms with Gasteiger partial charge >= 0.3 is 0 Å². The van der Waals surface area contributed by atoms with Crippen LogP contribution in [0.2, 0.25) is 0 Å². The molecular formula is C16H27NO. The summed E-state index contributed by atoms with van der Waals surface area (Å²) in [6.07, 6.45) is 12.8. The third-order valence-electron chi connectivity index (χ3n) is 3.93. The zero-order valence-corrected chi connectivity index (χ0v) is 12.1. The molecule has 1 atom stereocenters. The molecule has 1 saturated carbocycles. The van der Waals surface area contributed by atoms with E-state index in [2.05, 4.69) is 32.0 Å². The number of hydrogen-bond donors (Lipinski definition) is 1. The second kappa shape index (κ2) is 6.83. The second-order valence-corrected chi connectivity index (χ2v) is 6.07. The molecule has 0 saturated heterocycles. The van der Waals surface area contributed by atoms with E-state index >= 15 is 0 Å². The van der Waals surface area contributed by atoms with Crippen molar-refractivity contribution in [1.82, 2.24) is 5.32 Å². The van der Waals surface area contributed by atoms with Gasteiger partial charge in [0.05, 0.1) is 6.04 Å². The van der Waals surface area contributed by atoms with Crippen molar-refractivity contribution in [3.05, 3.63) is 0 Å². The van der Waals surface area contributed by atoms with Crippen LogP contribution in [0.4, 0.5) is 0 Å². The van der Waals surface area contributed by atoms with Gasteiger partial charge in [-0.05, 0) is 31.6 Å². The van der Waals surface area contributed by atoms with E-state index in [0.717, 1.165) is 32.1 Å². The van der Waals surface area contributed by atoms with E-state index in [0.29, 0.717) is 5.92 Å². The zero-order chi connectivity index (χ0) is 13.6. The molecule has 0 radical (unpaired) electrons. The first-order valence-corrected chi connectivity index (χ1v) is 7.31. The summed E-state index contributed by atoms with van der Waals surface area (Å²) < 4.78 is 0. The number of amides is 1. The van der Waals surface area contributed by atoms with Gasteiger partial charge < -0.3 is 5.32 Å². The molecule has 0 aromatic rings. The molecule has 0 aromatic carbocycles. The fourth-order valence-corrected chi connectivity index (χ4v) is 3.15. The van der Waals surface area contributed by atoms with Crippen molar-refractivity contribution < 1.29 is 4.79 Å². The van der Waals surface area contributed by atoms with Crippen LogP contribution < -0.4 is 5.32 Å². The summed E-state index contributed by atoms with van der Waals surface area (Å²) in [5.74, 6) is 3.45. The van der Waals surface area contributed by atoms with Gasteiger partial charge in [0.15, 0.2) is 0 Å². The molecule has 102 valence electrons. The highest BCUT2D eigenvalue weighted by Gasteiger charge is 2.41. The van der Waals surface area contributed by atoms with Crippen LogP contribution in [0, 0.1) is 23.7 Å². The number of terminal acetylenes is 1. The molecule has 1 rings (SSSR count). The Labute approximate surface area is 112 Å². The monoisotopic (exact) mass is 249 g/mol. The molecule has 0 heterocycles. The van der Waals surface area contributed by atoms with Gasteiger partial charge in [0.1, 0.15) is 0 Å². The van der Waals surface area contributed by atoms with E-state index in [1.54, 1.807) is 0 Å². The van der Waals surface area contributed by atoms with E-state index in [1.807, 2.05) is 0 Å². The molecule has 1 amide bonds. The van der Waals surface area contributed by atoms with Gasteiger partial charge in [0.25, 0.3) is 0 Å². The number of hydrogen-bond acceptors (Lipinski definition) is 1.